The lowest BCUT2D eigenvalue weighted by molar-refractivity contribution is 0.289. The van der Waals surface area contributed by atoms with Crippen LogP contribution in [0.1, 0.15) is 53.4 Å². The lowest BCUT2D eigenvalue weighted by atomic mass is 10.1. The number of rotatable bonds is 11. The van der Waals surface area contributed by atoms with Crippen molar-refractivity contribution in [2.24, 2.45) is 0 Å². The Balaban J connectivity index is 2.16. The molecule has 1 heterocycles. The van der Waals surface area contributed by atoms with Gasteiger partial charge in [0.2, 0.25) is 5.75 Å². The molecule has 30 heavy (non-hydrogen) atoms. The summed E-state index contributed by atoms with van der Waals surface area (Å²) in [5.74, 6) is 0.00954. The predicted molar refractivity (Wildman–Crippen MR) is 122 cm³/mol. The molecule has 0 aliphatic carbocycles. The van der Waals surface area contributed by atoms with Gasteiger partial charge in [0, 0.05) is 0 Å². The van der Waals surface area contributed by atoms with E-state index in [1.165, 1.54) is 11.1 Å². The number of benzene rings is 1. The second-order valence-electron chi connectivity index (χ2n) is 7.39. The summed E-state index contributed by atoms with van der Waals surface area (Å²) in [6.07, 6.45) is 11.8. The highest BCUT2D eigenvalue weighted by atomic mass is 16.5. The van der Waals surface area contributed by atoms with Crippen LogP contribution in [0.4, 0.5) is 0 Å². The molecule has 1 N–H and O–H groups in total. The summed E-state index contributed by atoms with van der Waals surface area (Å²) < 4.78 is 16.7. The molecular weight excluding hydrogens is 380 g/mol. The summed E-state index contributed by atoms with van der Waals surface area (Å²) in [5.41, 5.74) is 2.10. The molecule has 5 nitrogen and oxygen atoms in total. The van der Waals surface area contributed by atoms with Gasteiger partial charge >= 0.3 is 5.63 Å². The van der Waals surface area contributed by atoms with Crippen LogP contribution < -0.4 is 15.1 Å². The largest absolute Gasteiger partial charge is 0.503 e. The van der Waals surface area contributed by atoms with E-state index in [1.807, 2.05) is 25.2 Å². The van der Waals surface area contributed by atoms with Crippen LogP contribution in [-0.2, 0) is 0 Å². The van der Waals surface area contributed by atoms with Crippen molar-refractivity contribution in [3.05, 3.63) is 64.1 Å². The van der Waals surface area contributed by atoms with Crippen LogP contribution in [0.15, 0.2) is 62.9 Å². The zero-order chi connectivity index (χ0) is 21.9. The molecule has 0 atom stereocenters. The van der Waals surface area contributed by atoms with Crippen LogP contribution in [0.25, 0.3) is 11.0 Å². The van der Waals surface area contributed by atoms with Gasteiger partial charge in [-0.25, -0.2) is 4.79 Å². The van der Waals surface area contributed by atoms with Crippen LogP contribution in [0, 0.1) is 0 Å². The molecule has 2 rings (SSSR count). The zero-order valence-electron chi connectivity index (χ0n) is 18.4. The third-order valence-corrected chi connectivity index (χ3v) is 4.52. The van der Waals surface area contributed by atoms with Crippen molar-refractivity contribution in [1.29, 1.82) is 0 Å². The molecule has 0 aliphatic rings. The van der Waals surface area contributed by atoms with Crippen molar-refractivity contribution in [1.82, 2.24) is 0 Å². The maximum Gasteiger partial charge on any atom is 0.383 e. The lowest BCUT2D eigenvalue weighted by Crippen LogP contribution is -2.08. The topological polar surface area (TPSA) is 68.9 Å². The number of allylic oxidation sites excluding steroid dienone is 4. The molecule has 0 amide bonds. The fraction of sp³-hybridized carbons (Fsp3) is 0.400. The van der Waals surface area contributed by atoms with Crippen LogP contribution in [-0.4, -0.2) is 18.3 Å². The molecular formula is C25H32O5. The third kappa shape index (κ3) is 6.83. The van der Waals surface area contributed by atoms with Gasteiger partial charge in [-0.2, -0.15) is 0 Å². The van der Waals surface area contributed by atoms with Crippen molar-refractivity contribution < 1.29 is 19.0 Å². The Morgan fingerprint density at radius 2 is 1.90 bits per heavy atom. The Kier molecular flexibility index (Phi) is 9.26. The highest BCUT2D eigenvalue weighted by Gasteiger charge is 2.18. The summed E-state index contributed by atoms with van der Waals surface area (Å²) in [6.45, 7) is 8.93. The van der Waals surface area contributed by atoms with E-state index in [0.29, 0.717) is 24.2 Å². The van der Waals surface area contributed by atoms with E-state index in [2.05, 4.69) is 26.8 Å². The summed E-state index contributed by atoms with van der Waals surface area (Å²) in [7, 11) is 0. The first-order valence-corrected chi connectivity index (χ1v) is 10.4. The van der Waals surface area contributed by atoms with Crippen molar-refractivity contribution >= 4 is 11.0 Å². The van der Waals surface area contributed by atoms with Gasteiger partial charge in [-0.3, -0.25) is 0 Å². The third-order valence-electron chi connectivity index (χ3n) is 4.52. The molecule has 0 saturated heterocycles. The van der Waals surface area contributed by atoms with Crippen LogP contribution >= 0.6 is 0 Å². The first-order chi connectivity index (χ1) is 14.4. The first kappa shape index (κ1) is 23.3. The van der Waals surface area contributed by atoms with Crippen LogP contribution in [0.5, 0.6) is 17.2 Å². The summed E-state index contributed by atoms with van der Waals surface area (Å²) in [4.78, 5) is 12.2. The van der Waals surface area contributed by atoms with Crippen molar-refractivity contribution in [2.45, 2.75) is 53.4 Å². The Morgan fingerprint density at radius 3 is 2.63 bits per heavy atom. The molecule has 2 aromatic rings. The van der Waals surface area contributed by atoms with E-state index < -0.39 is 5.63 Å². The molecule has 0 spiro atoms. The summed E-state index contributed by atoms with van der Waals surface area (Å²) in [6, 6.07) is 5.08. The Hall–Kier alpha value is -2.95. The number of hydrogen-bond acceptors (Lipinski definition) is 5. The summed E-state index contributed by atoms with van der Waals surface area (Å²) in [5, 5.41) is 11.0. The van der Waals surface area contributed by atoms with Crippen molar-refractivity contribution in [3.63, 3.8) is 0 Å². The molecule has 5 heteroatoms. The fourth-order valence-electron chi connectivity index (χ4n) is 2.91. The number of fused-ring (bicyclic) bond motifs is 1. The molecule has 0 fully saturated rings. The normalized spacial score (nSPS) is 11.8. The highest BCUT2D eigenvalue weighted by molar-refractivity contribution is 5.91. The van der Waals surface area contributed by atoms with Gasteiger partial charge in [0.15, 0.2) is 5.75 Å². The minimum Gasteiger partial charge on any atom is -0.503 e. The highest BCUT2D eigenvalue weighted by Crippen LogP contribution is 2.37. The first-order valence-electron chi connectivity index (χ1n) is 10.4. The van der Waals surface area contributed by atoms with Gasteiger partial charge < -0.3 is 19.0 Å². The Labute approximate surface area is 178 Å². The molecule has 0 radical (unpaired) electrons. The minimum atomic E-state index is -0.702. The SMILES string of the molecule is CCC=CCCOc1c(O)c2c(OCC=C(C)CCC=C(C)C)cccc2oc1=O. The number of aromatic hydroxyl groups is 1. The van der Waals surface area contributed by atoms with Gasteiger partial charge in [0.25, 0.3) is 0 Å². The monoisotopic (exact) mass is 412 g/mol. The summed E-state index contributed by atoms with van der Waals surface area (Å²) >= 11 is 0. The second kappa shape index (κ2) is 11.9. The van der Waals surface area contributed by atoms with E-state index in [1.54, 1.807) is 18.2 Å². The molecule has 0 unspecified atom stereocenters. The average Bonchev–Trinajstić information content (AvgIpc) is 2.69. The molecule has 0 aliphatic heterocycles. The Bertz CT molecular complexity index is 975. The molecule has 0 bridgehead atoms. The van der Waals surface area contributed by atoms with Crippen LogP contribution in [0.3, 0.4) is 0 Å². The molecule has 1 aromatic heterocycles. The smallest absolute Gasteiger partial charge is 0.383 e. The minimum absolute atomic E-state index is 0.183. The van der Waals surface area contributed by atoms with Crippen molar-refractivity contribution in [3.8, 4) is 17.2 Å². The van der Waals surface area contributed by atoms with E-state index in [9.17, 15) is 9.90 Å². The van der Waals surface area contributed by atoms with Crippen molar-refractivity contribution in [2.75, 3.05) is 13.2 Å². The fourth-order valence-corrected chi connectivity index (χ4v) is 2.91. The molecule has 1 aromatic carbocycles. The quantitative estimate of drug-likeness (QED) is 0.266. The van der Waals surface area contributed by atoms with Gasteiger partial charge in [-0.15, -0.1) is 0 Å². The second-order valence-corrected chi connectivity index (χ2v) is 7.39. The molecule has 0 saturated carbocycles. The standard InChI is InChI=1S/C25H32O5/c1-5-6-7-8-16-29-24-23(26)22-20(13-10-14-21(22)30-25(24)27)28-17-15-19(4)12-9-11-18(2)3/h6-7,10-11,13-15,26H,5,8-9,12,16-17H2,1-4H3. The van der Waals surface area contributed by atoms with Gasteiger partial charge in [-0.1, -0.05) is 42.4 Å². The van der Waals surface area contributed by atoms with E-state index in [-0.39, 0.29) is 23.7 Å². The van der Waals surface area contributed by atoms with E-state index in [4.69, 9.17) is 13.9 Å². The predicted octanol–water partition coefficient (Wildman–Crippen LogP) is 6.31. The van der Waals surface area contributed by atoms with Gasteiger partial charge in [0.1, 0.15) is 23.3 Å². The zero-order valence-corrected chi connectivity index (χ0v) is 18.4. The number of hydrogen-bond donors (Lipinski definition) is 1. The van der Waals surface area contributed by atoms with Gasteiger partial charge in [0.05, 0.1) is 6.61 Å². The van der Waals surface area contributed by atoms with Crippen LogP contribution in [0.2, 0.25) is 0 Å². The Morgan fingerprint density at radius 1 is 1.10 bits per heavy atom. The maximum atomic E-state index is 12.2. The maximum absolute atomic E-state index is 12.2. The average molecular weight is 413 g/mol. The lowest BCUT2D eigenvalue weighted by Gasteiger charge is -2.11. The van der Waals surface area contributed by atoms with E-state index in [0.717, 1.165) is 19.3 Å². The van der Waals surface area contributed by atoms with E-state index >= 15 is 0 Å². The molecule has 162 valence electrons. The van der Waals surface area contributed by atoms with Gasteiger partial charge in [-0.05, 0) is 64.7 Å². The number of ether oxygens (including phenoxy) is 2.